The number of benzene rings is 2. The lowest BCUT2D eigenvalue weighted by Crippen LogP contribution is -2.40. The number of rotatable bonds is 3. The first-order valence-corrected chi connectivity index (χ1v) is 9.68. The van der Waals surface area contributed by atoms with Crippen LogP contribution >= 0.6 is 0 Å². The molecule has 0 atom stereocenters. The fraction of sp³-hybridized carbons (Fsp3) is 0.174. The van der Waals surface area contributed by atoms with E-state index in [-0.39, 0.29) is 23.7 Å². The molecule has 3 aromatic rings. The van der Waals surface area contributed by atoms with Gasteiger partial charge in [-0.15, -0.1) is 0 Å². The summed E-state index contributed by atoms with van der Waals surface area (Å²) in [5.41, 5.74) is 2.59. The minimum Gasteiger partial charge on any atom is -0.276 e. The quantitative estimate of drug-likeness (QED) is 0.676. The van der Waals surface area contributed by atoms with Gasteiger partial charge in [-0.3, -0.25) is 19.4 Å². The number of nitrogens with zero attached hydrogens (tertiary/aromatic N) is 5. The van der Waals surface area contributed by atoms with Crippen molar-refractivity contribution in [3.63, 3.8) is 0 Å². The summed E-state index contributed by atoms with van der Waals surface area (Å²) in [7, 11) is 0. The number of amides is 2. The van der Waals surface area contributed by atoms with E-state index in [4.69, 9.17) is 0 Å². The average molecular weight is 399 g/mol. The smallest absolute Gasteiger partial charge is 0.260 e. The zero-order chi connectivity index (χ0) is 21.1. The number of aliphatic imine (C=N–C) groups is 1. The molecule has 0 saturated carbocycles. The first kappa shape index (κ1) is 19.4. The molecule has 1 saturated heterocycles. The number of aryl methyl sites for hydroxylation is 2. The average Bonchev–Trinajstić information content (AvgIpc) is 3.16. The molecule has 7 heteroatoms. The topological polar surface area (TPSA) is 78.8 Å². The van der Waals surface area contributed by atoms with Gasteiger partial charge in [0.2, 0.25) is 5.96 Å². The third kappa shape index (κ3) is 3.96. The van der Waals surface area contributed by atoms with E-state index in [0.717, 1.165) is 11.4 Å². The zero-order valence-corrected chi connectivity index (χ0v) is 16.8. The van der Waals surface area contributed by atoms with Gasteiger partial charge in [-0.25, -0.2) is 9.97 Å². The van der Waals surface area contributed by atoms with E-state index in [1.807, 2.05) is 32.0 Å². The summed E-state index contributed by atoms with van der Waals surface area (Å²) in [6.07, 6.45) is 0. The van der Waals surface area contributed by atoms with Crippen LogP contribution in [0.15, 0.2) is 71.7 Å². The third-order valence-electron chi connectivity index (χ3n) is 4.73. The third-order valence-corrected chi connectivity index (χ3v) is 4.73. The van der Waals surface area contributed by atoms with Gasteiger partial charge in [0.15, 0.2) is 0 Å². The molecule has 30 heavy (non-hydrogen) atoms. The Morgan fingerprint density at radius 1 is 0.767 bits per heavy atom. The summed E-state index contributed by atoms with van der Waals surface area (Å²) in [5, 5.41) is 0. The predicted molar refractivity (Wildman–Crippen MR) is 114 cm³/mol. The molecule has 4 rings (SSSR count). The molecule has 1 aromatic heterocycles. The molecule has 150 valence electrons. The van der Waals surface area contributed by atoms with Crippen LogP contribution in [-0.2, 0) is 0 Å². The molecule has 1 aliphatic heterocycles. The molecule has 2 heterocycles. The monoisotopic (exact) mass is 399 g/mol. The van der Waals surface area contributed by atoms with E-state index < -0.39 is 0 Å². The second-order valence-corrected chi connectivity index (χ2v) is 7.01. The Morgan fingerprint density at radius 3 is 1.63 bits per heavy atom. The molecule has 0 N–H and O–H groups in total. The van der Waals surface area contributed by atoms with E-state index in [9.17, 15) is 9.59 Å². The molecule has 7 nitrogen and oxygen atoms in total. The molecule has 1 fully saturated rings. The van der Waals surface area contributed by atoms with Gasteiger partial charge >= 0.3 is 0 Å². The first-order valence-electron chi connectivity index (χ1n) is 9.68. The number of carbonyl (C=O) groups is 2. The number of hydrogen-bond donors (Lipinski definition) is 0. The van der Waals surface area contributed by atoms with Gasteiger partial charge in [-0.2, -0.15) is 4.99 Å². The minimum atomic E-state index is -0.220. The summed E-state index contributed by atoms with van der Waals surface area (Å²) in [6.45, 7) is 4.39. The van der Waals surface area contributed by atoms with Crippen molar-refractivity contribution >= 4 is 23.7 Å². The lowest BCUT2D eigenvalue weighted by molar-refractivity contribution is 0.0853. The Bertz CT molecular complexity index is 1030. The highest BCUT2D eigenvalue weighted by Gasteiger charge is 2.36. The van der Waals surface area contributed by atoms with Crippen LogP contribution < -0.4 is 0 Å². The maximum atomic E-state index is 13.2. The Morgan fingerprint density at radius 2 is 1.20 bits per heavy atom. The molecular weight excluding hydrogens is 378 g/mol. The molecule has 0 aliphatic carbocycles. The zero-order valence-electron chi connectivity index (χ0n) is 16.8. The SMILES string of the molecule is Cc1cc(C)nc(N=C2N(C(=O)c3ccccc3)CCN2C(=O)c2ccccc2)n1. The van der Waals surface area contributed by atoms with Gasteiger partial charge < -0.3 is 0 Å². The van der Waals surface area contributed by atoms with Crippen molar-refractivity contribution in [3.05, 3.63) is 89.2 Å². The van der Waals surface area contributed by atoms with Crippen molar-refractivity contribution in [1.82, 2.24) is 19.8 Å². The number of aromatic nitrogens is 2. The molecular formula is C23H21N5O2. The molecule has 0 bridgehead atoms. The summed E-state index contributed by atoms with van der Waals surface area (Å²) in [5.74, 6) is 0.0213. The minimum absolute atomic E-state index is 0.220. The standard InChI is InChI=1S/C23H21N5O2/c1-16-15-17(2)25-22(24-16)26-23-27(20(29)18-9-5-3-6-10-18)13-14-28(23)21(30)19-11-7-4-8-12-19/h3-12,15H,13-14H2,1-2H3. The van der Waals surface area contributed by atoms with Gasteiger partial charge in [-0.1, -0.05) is 36.4 Å². The van der Waals surface area contributed by atoms with Crippen LogP contribution in [0.5, 0.6) is 0 Å². The highest BCUT2D eigenvalue weighted by atomic mass is 16.2. The molecule has 2 amide bonds. The lowest BCUT2D eigenvalue weighted by atomic mass is 10.2. The van der Waals surface area contributed by atoms with Crippen molar-refractivity contribution < 1.29 is 9.59 Å². The van der Waals surface area contributed by atoms with E-state index in [1.165, 1.54) is 9.80 Å². The van der Waals surface area contributed by atoms with Crippen LogP contribution in [0.3, 0.4) is 0 Å². The number of carbonyl (C=O) groups excluding carboxylic acids is 2. The van der Waals surface area contributed by atoms with E-state index in [2.05, 4.69) is 15.0 Å². The fourth-order valence-corrected chi connectivity index (χ4v) is 3.37. The highest BCUT2D eigenvalue weighted by molar-refractivity contribution is 6.14. The van der Waals surface area contributed by atoms with E-state index in [0.29, 0.717) is 24.2 Å². The van der Waals surface area contributed by atoms with Crippen molar-refractivity contribution in [1.29, 1.82) is 0 Å². The van der Waals surface area contributed by atoms with Crippen LogP contribution in [-0.4, -0.2) is 50.6 Å². The maximum Gasteiger partial charge on any atom is 0.260 e. The predicted octanol–water partition coefficient (Wildman–Crippen LogP) is 3.38. The largest absolute Gasteiger partial charge is 0.276 e. The Labute approximate surface area is 174 Å². The molecule has 2 aromatic carbocycles. The number of hydrogen-bond acceptors (Lipinski definition) is 5. The van der Waals surface area contributed by atoms with Crippen molar-refractivity contribution in [2.24, 2.45) is 4.99 Å². The Balaban J connectivity index is 1.76. The second-order valence-electron chi connectivity index (χ2n) is 7.01. The van der Waals surface area contributed by atoms with Crippen LogP contribution in [0, 0.1) is 13.8 Å². The maximum absolute atomic E-state index is 13.2. The summed E-state index contributed by atoms with van der Waals surface area (Å²) in [6, 6.07) is 19.8. The van der Waals surface area contributed by atoms with Gasteiger partial charge in [0.1, 0.15) is 0 Å². The highest BCUT2D eigenvalue weighted by Crippen LogP contribution is 2.20. The van der Waals surface area contributed by atoms with Crippen LogP contribution in [0.2, 0.25) is 0 Å². The molecule has 0 spiro atoms. The van der Waals surface area contributed by atoms with Gasteiger partial charge in [-0.05, 0) is 44.2 Å². The van der Waals surface area contributed by atoms with Gasteiger partial charge in [0, 0.05) is 35.6 Å². The summed E-state index contributed by atoms with van der Waals surface area (Å²) < 4.78 is 0. The number of guanidine groups is 1. The van der Waals surface area contributed by atoms with E-state index >= 15 is 0 Å². The van der Waals surface area contributed by atoms with E-state index in [1.54, 1.807) is 48.5 Å². The summed E-state index contributed by atoms with van der Waals surface area (Å²) >= 11 is 0. The second kappa shape index (κ2) is 8.24. The van der Waals surface area contributed by atoms with Crippen molar-refractivity contribution in [2.75, 3.05) is 13.1 Å². The van der Waals surface area contributed by atoms with Crippen molar-refractivity contribution in [2.45, 2.75) is 13.8 Å². The van der Waals surface area contributed by atoms with Crippen LogP contribution in [0.1, 0.15) is 32.1 Å². The summed E-state index contributed by atoms with van der Waals surface area (Å²) in [4.78, 5) is 42.6. The normalized spacial score (nSPS) is 13.5. The molecule has 0 unspecified atom stereocenters. The van der Waals surface area contributed by atoms with Crippen LogP contribution in [0.4, 0.5) is 5.95 Å². The fourth-order valence-electron chi connectivity index (χ4n) is 3.37. The lowest BCUT2D eigenvalue weighted by Gasteiger charge is -2.21. The van der Waals surface area contributed by atoms with Crippen molar-refractivity contribution in [3.8, 4) is 0 Å². The van der Waals surface area contributed by atoms with Crippen LogP contribution in [0.25, 0.3) is 0 Å². The molecule has 0 radical (unpaired) electrons. The Hall–Kier alpha value is -3.87. The molecule has 1 aliphatic rings. The Kier molecular flexibility index (Phi) is 5.34. The van der Waals surface area contributed by atoms with Gasteiger partial charge in [0.25, 0.3) is 17.8 Å². The van der Waals surface area contributed by atoms with Gasteiger partial charge in [0.05, 0.1) is 0 Å². The first-order chi connectivity index (χ1) is 14.5.